The first-order valence-corrected chi connectivity index (χ1v) is 13.0. The van der Waals surface area contributed by atoms with Crippen LogP contribution in [-0.2, 0) is 23.9 Å². The predicted octanol–water partition coefficient (Wildman–Crippen LogP) is 6.15. The second-order valence-electron chi connectivity index (χ2n) is 10.9. The first kappa shape index (κ1) is 25.6. The number of nitriles is 1. The summed E-state index contributed by atoms with van der Waals surface area (Å²) in [5, 5.41) is 18.8. The van der Waals surface area contributed by atoms with Gasteiger partial charge in [-0.25, -0.2) is 0 Å². The van der Waals surface area contributed by atoms with Gasteiger partial charge in [0.25, 0.3) is 0 Å². The SMILES string of the molecule is C[C@H](C(=O)O)[C@H](c1ccc2c(c1)OC1(CC2)CCN(Cc2cc(C#N)ccc2C(F)(F)F)CC1)C1CC1. The third kappa shape index (κ3) is 5.33. The van der Waals surface area contributed by atoms with Crippen LogP contribution in [0.2, 0.25) is 0 Å². The smallest absolute Gasteiger partial charge is 0.416 e. The quantitative estimate of drug-likeness (QED) is 0.503. The van der Waals surface area contributed by atoms with Gasteiger partial charge < -0.3 is 9.84 Å². The zero-order valence-corrected chi connectivity index (χ0v) is 20.9. The number of nitrogens with zero attached hydrogens (tertiary/aromatic N) is 2. The number of halogens is 3. The normalized spacial score (nSPS) is 20.9. The Morgan fingerprint density at radius 1 is 1.19 bits per heavy atom. The third-order valence-corrected chi connectivity index (χ3v) is 8.41. The van der Waals surface area contributed by atoms with Gasteiger partial charge in [0, 0.05) is 19.6 Å². The maximum absolute atomic E-state index is 13.5. The van der Waals surface area contributed by atoms with E-state index in [-0.39, 0.29) is 29.2 Å². The second kappa shape index (κ2) is 9.68. The van der Waals surface area contributed by atoms with E-state index in [0.29, 0.717) is 31.8 Å². The van der Waals surface area contributed by atoms with Gasteiger partial charge in [0.05, 0.1) is 23.1 Å². The number of carboxylic acid groups (broad SMARTS) is 1. The third-order valence-electron chi connectivity index (χ3n) is 8.41. The van der Waals surface area contributed by atoms with Crippen molar-refractivity contribution in [2.45, 2.75) is 69.7 Å². The zero-order valence-electron chi connectivity index (χ0n) is 20.9. The van der Waals surface area contributed by atoms with Crippen molar-refractivity contribution >= 4 is 5.97 Å². The van der Waals surface area contributed by atoms with Crippen LogP contribution in [-0.4, -0.2) is 34.7 Å². The number of hydrogen-bond acceptors (Lipinski definition) is 4. The molecule has 2 heterocycles. The molecule has 37 heavy (non-hydrogen) atoms. The molecule has 2 atom stereocenters. The molecule has 5 nitrogen and oxygen atoms in total. The fraction of sp³-hybridized carbons (Fsp3) is 0.517. The lowest BCUT2D eigenvalue weighted by molar-refractivity contribution is -0.142. The molecule has 1 saturated heterocycles. The predicted molar refractivity (Wildman–Crippen MR) is 131 cm³/mol. The molecule has 0 aromatic heterocycles. The fourth-order valence-electron chi connectivity index (χ4n) is 6.09. The van der Waals surface area contributed by atoms with Crippen LogP contribution in [0, 0.1) is 23.2 Å². The Kier molecular flexibility index (Phi) is 6.70. The molecule has 2 aromatic rings. The number of piperidine rings is 1. The first-order chi connectivity index (χ1) is 17.6. The van der Waals surface area contributed by atoms with Gasteiger partial charge in [-0.1, -0.05) is 19.1 Å². The maximum Gasteiger partial charge on any atom is 0.416 e. The number of carboxylic acids is 1. The van der Waals surface area contributed by atoms with Crippen LogP contribution >= 0.6 is 0 Å². The molecule has 8 heteroatoms. The molecule has 3 aliphatic rings. The molecule has 1 saturated carbocycles. The lowest BCUT2D eigenvalue weighted by Gasteiger charge is -2.45. The van der Waals surface area contributed by atoms with E-state index >= 15 is 0 Å². The van der Waals surface area contributed by atoms with Crippen LogP contribution in [0.3, 0.4) is 0 Å². The molecule has 1 spiro atoms. The van der Waals surface area contributed by atoms with E-state index in [1.165, 1.54) is 12.1 Å². The van der Waals surface area contributed by atoms with E-state index in [4.69, 9.17) is 10.00 Å². The van der Waals surface area contributed by atoms with Crippen molar-refractivity contribution in [3.05, 3.63) is 64.2 Å². The molecule has 1 N–H and O–H groups in total. The van der Waals surface area contributed by atoms with E-state index in [1.54, 1.807) is 6.92 Å². The van der Waals surface area contributed by atoms with E-state index < -0.39 is 23.6 Å². The molecular weight excluding hydrogens is 481 g/mol. The molecular formula is C29H31F3N2O3. The minimum Gasteiger partial charge on any atom is -0.487 e. The Bertz CT molecular complexity index is 1220. The zero-order chi connectivity index (χ0) is 26.4. The lowest BCUT2D eigenvalue weighted by Crippen LogP contribution is -2.49. The van der Waals surface area contributed by atoms with Crippen molar-refractivity contribution in [3.8, 4) is 11.8 Å². The van der Waals surface area contributed by atoms with Crippen molar-refractivity contribution in [3.63, 3.8) is 0 Å². The summed E-state index contributed by atoms with van der Waals surface area (Å²) in [6, 6.07) is 11.6. The van der Waals surface area contributed by atoms with E-state index in [0.717, 1.165) is 48.6 Å². The van der Waals surface area contributed by atoms with Crippen molar-refractivity contribution in [2.75, 3.05) is 13.1 Å². The van der Waals surface area contributed by atoms with Crippen LogP contribution in [0.25, 0.3) is 0 Å². The number of aryl methyl sites for hydroxylation is 1. The summed E-state index contributed by atoms with van der Waals surface area (Å²) in [6.07, 6.45) is 0.746. The van der Waals surface area contributed by atoms with Gasteiger partial charge in [-0.05, 0) is 91.3 Å². The molecule has 2 aromatic carbocycles. The summed E-state index contributed by atoms with van der Waals surface area (Å²) in [7, 11) is 0. The molecule has 0 radical (unpaired) electrons. The highest BCUT2D eigenvalue weighted by atomic mass is 19.4. The highest BCUT2D eigenvalue weighted by Gasteiger charge is 2.42. The summed E-state index contributed by atoms with van der Waals surface area (Å²) in [5.74, 6) is -0.0634. The van der Waals surface area contributed by atoms with E-state index in [2.05, 4.69) is 12.1 Å². The number of alkyl halides is 3. The highest BCUT2D eigenvalue weighted by Crippen LogP contribution is 2.49. The maximum atomic E-state index is 13.5. The number of hydrogen-bond donors (Lipinski definition) is 1. The molecule has 196 valence electrons. The van der Waals surface area contributed by atoms with Gasteiger partial charge in [-0.2, -0.15) is 18.4 Å². The van der Waals surface area contributed by atoms with E-state index in [1.807, 2.05) is 17.0 Å². The van der Waals surface area contributed by atoms with E-state index in [9.17, 15) is 23.1 Å². The number of carbonyl (C=O) groups is 1. The van der Waals surface area contributed by atoms with Crippen LogP contribution < -0.4 is 4.74 Å². The van der Waals surface area contributed by atoms with Crippen molar-refractivity contribution in [2.24, 2.45) is 11.8 Å². The minimum absolute atomic E-state index is 0.0295. The van der Waals surface area contributed by atoms with Gasteiger partial charge in [-0.3, -0.25) is 9.69 Å². The molecule has 0 unspecified atom stereocenters. The second-order valence-corrected chi connectivity index (χ2v) is 10.9. The summed E-state index contributed by atoms with van der Waals surface area (Å²) in [6.45, 7) is 3.12. The van der Waals surface area contributed by atoms with Crippen molar-refractivity contribution in [1.29, 1.82) is 5.26 Å². The number of rotatable bonds is 6. The Balaban J connectivity index is 1.29. The average Bonchev–Trinajstić information content (AvgIpc) is 3.70. The Hall–Kier alpha value is -3.05. The van der Waals surface area contributed by atoms with Crippen LogP contribution in [0.1, 0.15) is 72.8 Å². The van der Waals surface area contributed by atoms with Gasteiger partial charge in [-0.15, -0.1) is 0 Å². The number of benzene rings is 2. The number of likely N-dealkylation sites (tertiary alicyclic amines) is 1. The first-order valence-electron chi connectivity index (χ1n) is 13.0. The van der Waals surface area contributed by atoms with Crippen LogP contribution in [0.15, 0.2) is 36.4 Å². The molecule has 1 aliphatic carbocycles. The summed E-state index contributed by atoms with van der Waals surface area (Å²) < 4.78 is 47.3. The average molecular weight is 513 g/mol. The van der Waals surface area contributed by atoms with Crippen molar-refractivity contribution < 1.29 is 27.8 Å². The summed E-state index contributed by atoms with van der Waals surface area (Å²) in [5.41, 5.74) is 1.43. The Labute approximate surface area is 214 Å². The van der Waals surface area contributed by atoms with Gasteiger partial charge in [0.2, 0.25) is 0 Å². The Morgan fingerprint density at radius 2 is 1.92 bits per heavy atom. The van der Waals surface area contributed by atoms with Crippen LogP contribution in [0.5, 0.6) is 5.75 Å². The van der Waals surface area contributed by atoms with Gasteiger partial charge >= 0.3 is 12.1 Å². The van der Waals surface area contributed by atoms with Gasteiger partial charge in [0.15, 0.2) is 0 Å². The highest BCUT2D eigenvalue weighted by molar-refractivity contribution is 5.71. The summed E-state index contributed by atoms with van der Waals surface area (Å²) in [4.78, 5) is 13.7. The van der Waals surface area contributed by atoms with Gasteiger partial charge in [0.1, 0.15) is 11.4 Å². The largest absolute Gasteiger partial charge is 0.487 e. The Morgan fingerprint density at radius 3 is 2.54 bits per heavy atom. The molecule has 2 aliphatic heterocycles. The molecule has 0 amide bonds. The molecule has 0 bridgehead atoms. The monoisotopic (exact) mass is 512 g/mol. The molecule has 2 fully saturated rings. The summed E-state index contributed by atoms with van der Waals surface area (Å²) >= 11 is 0. The van der Waals surface area contributed by atoms with Crippen molar-refractivity contribution in [1.82, 2.24) is 4.90 Å². The minimum atomic E-state index is -4.47. The fourth-order valence-corrected chi connectivity index (χ4v) is 6.09. The number of aliphatic carboxylic acids is 1. The number of ether oxygens (including phenoxy) is 1. The standard InChI is InChI=1S/C29H31F3N2O3/c1-18(27(35)36)26(21-4-5-21)22-6-3-20-8-9-28(37-25(20)15-22)10-12-34(13-11-28)17-23-14-19(16-33)2-7-24(23)29(30,31)32/h2-3,6-7,14-15,18,21,26H,4-5,8-13,17H2,1H3,(H,35,36)/t18-,26-/m0/s1. The number of fused-ring (bicyclic) bond motifs is 1. The lowest BCUT2D eigenvalue weighted by atomic mass is 9.80. The van der Waals surface area contributed by atoms with Crippen LogP contribution in [0.4, 0.5) is 13.2 Å². The molecule has 5 rings (SSSR count). The topological polar surface area (TPSA) is 73.6 Å².